The molecule has 2 aliphatic heterocycles. The Balaban J connectivity index is 1.35. The lowest BCUT2D eigenvalue weighted by Gasteiger charge is -2.38. The number of likely N-dealkylation sites (tertiary alicyclic amines) is 1. The van der Waals surface area contributed by atoms with Crippen molar-refractivity contribution < 1.29 is 14.3 Å². The molecular formula is C19H22IN5O3. The fourth-order valence-corrected chi connectivity index (χ4v) is 4.31. The quantitative estimate of drug-likeness (QED) is 0.664. The van der Waals surface area contributed by atoms with Crippen molar-refractivity contribution in [1.82, 2.24) is 24.7 Å². The Bertz CT molecular complexity index is 879. The van der Waals surface area contributed by atoms with Gasteiger partial charge in [-0.05, 0) is 28.2 Å². The molecule has 1 fully saturated rings. The van der Waals surface area contributed by atoms with Crippen LogP contribution in [0.1, 0.15) is 23.0 Å². The first kappa shape index (κ1) is 19.0. The average molecular weight is 495 g/mol. The molecule has 1 N–H and O–H groups in total. The fourth-order valence-electron chi connectivity index (χ4n) is 3.60. The van der Waals surface area contributed by atoms with Crippen LogP contribution >= 0.6 is 22.6 Å². The molecule has 0 spiro atoms. The summed E-state index contributed by atoms with van der Waals surface area (Å²) < 4.78 is 8.52. The molecule has 0 atom stereocenters. The second-order valence-electron chi connectivity index (χ2n) is 6.98. The number of rotatable bonds is 3. The first-order chi connectivity index (χ1) is 13.6. The molecule has 1 saturated heterocycles. The molecule has 9 heteroatoms. The van der Waals surface area contributed by atoms with Crippen molar-refractivity contribution in [2.75, 3.05) is 26.7 Å². The minimum atomic E-state index is -0.286. The zero-order chi connectivity index (χ0) is 19.7. The molecule has 0 bridgehead atoms. The Kier molecular flexibility index (Phi) is 5.42. The highest BCUT2D eigenvalue weighted by Crippen LogP contribution is 2.31. The van der Waals surface area contributed by atoms with Gasteiger partial charge in [0, 0.05) is 33.2 Å². The molecule has 0 unspecified atom stereocenters. The van der Waals surface area contributed by atoms with E-state index in [1.807, 2.05) is 30.3 Å². The molecule has 1 aromatic heterocycles. The van der Waals surface area contributed by atoms with Crippen LogP contribution in [0.4, 0.5) is 9.59 Å². The van der Waals surface area contributed by atoms with Gasteiger partial charge in [0.05, 0.1) is 18.2 Å². The predicted octanol–water partition coefficient (Wildman–Crippen LogP) is 2.38. The summed E-state index contributed by atoms with van der Waals surface area (Å²) in [7, 11) is 1.64. The van der Waals surface area contributed by atoms with Crippen LogP contribution in [0.25, 0.3) is 0 Å². The highest BCUT2D eigenvalue weighted by atomic mass is 127. The molecule has 28 heavy (non-hydrogen) atoms. The smallest absolute Gasteiger partial charge is 0.410 e. The second kappa shape index (κ2) is 7.98. The van der Waals surface area contributed by atoms with Crippen molar-refractivity contribution in [1.29, 1.82) is 0 Å². The maximum atomic E-state index is 12.2. The monoisotopic (exact) mass is 495 g/mol. The first-order valence-corrected chi connectivity index (χ1v) is 10.3. The number of benzene rings is 1. The molecule has 1 aromatic carbocycles. The van der Waals surface area contributed by atoms with Crippen molar-refractivity contribution >= 4 is 34.7 Å². The number of urea groups is 1. The molecular weight excluding hydrogens is 473 g/mol. The van der Waals surface area contributed by atoms with E-state index in [2.05, 4.69) is 32.5 Å². The Hall–Kier alpha value is -2.30. The van der Waals surface area contributed by atoms with Crippen molar-refractivity contribution in [3.05, 3.63) is 51.1 Å². The molecule has 2 aliphatic rings. The van der Waals surface area contributed by atoms with Crippen LogP contribution in [0, 0.1) is 3.70 Å². The van der Waals surface area contributed by atoms with Gasteiger partial charge in [-0.3, -0.25) is 0 Å². The van der Waals surface area contributed by atoms with Crippen LogP contribution in [0.2, 0.25) is 0 Å². The largest absolute Gasteiger partial charge is 0.445 e. The number of carbonyl (C=O) groups excluding carboxylic acids is 2. The lowest BCUT2D eigenvalue weighted by atomic mass is 10.00. The first-order valence-electron chi connectivity index (χ1n) is 9.24. The molecule has 8 nitrogen and oxygen atoms in total. The summed E-state index contributed by atoms with van der Waals surface area (Å²) in [5.41, 5.74) is 2.04. The van der Waals surface area contributed by atoms with Gasteiger partial charge >= 0.3 is 12.1 Å². The van der Waals surface area contributed by atoms with E-state index in [9.17, 15) is 9.59 Å². The molecule has 2 aromatic rings. The summed E-state index contributed by atoms with van der Waals surface area (Å²) in [5.74, 6) is 1.21. The van der Waals surface area contributed by atoms with Crippen LogP contribution in [0.15, 0.2) is 30.3 Å². The molecule has 0 radical (unpaired) electrons. The molecule has 3 heterocycles. The standard InChI is InChI=1S/C19H22IN5O3/c1-21-18(26)23-7-8-25-15(11-23)16(20)22-17(25)14-9-24(10-14)19(27)28-12-13-5-3-2-4-6-13/h2-6,14H,7-12H2,1H3,(H,21,26). The van der Waals surface area contributed by atoms with Crippen LogP contribution in [-0.4, -0.2) is 58.2 Å². The van der Waals surface area contributed by atoms with E-state index in [4.69, 9.17) is 9.72 Å². The normalized spacial score (nSPS) is 16.4. The van der Waals surface area contributed by atoms with Crippen molar-refractivity contribution in [3.8, 4) is 0 Å². The number of halogens is 1. The number of hydrogen-bond acceptors (Lipinski definition) is 4. The molecule has 148 valence electrons. The second-order valence-corrected chi connectivity index (χ2v) is 8.00. The number of amides is 3. The number of aromatic nitrogens is 2. The van der Waals surface area contributed by atoms with Gasteiger partial charge in [-0.1, -0.05) is 30.3 Å². The Morgan fingerprint density at radius 2 is 1.96 bits per heavy atom. The number of nitrogens with one attached hydrogen (secondary N) is 1. The van der Waals surface area contributed by atoms with E-state index < -0.39 is 0 Å². The van der Waals surface area contributed by atoms with E-state index in [1.165, 1.54) is 0 Å². The third-order valence-electron chi connectivity index (χ3n) is 5.20. The lowest BCUT2D eigenvalue weighted by Crippen LogP contribution is -2.50. The van der Waals surface area contributed by atoms with Gasteiger partial charge in [0.2, 0.25) is 0 Å². The van der Waals surface area contributed by atoms with Crippen LogP contribution < -0.4 is 5.32 Å². The number of nitrogens with zero attached hydrogens (tertiary/aromatic N) is 4. The zero-order valence-electron chi connectivity index (χ0n) is 15.6. The molecule has 4 rings (SSSR count). The van der Waals surface area contributed by atoms with E-state index >= 15 is 0 Å². The van der Waals surface area contributed by atoms with Gasteiger partial charge in [-0.2, -0.15) is 0 Å². The van der Waals surface area contributed by atoms with Crippen LogP contribution in [0.5, 0.6) is 0 Å². The zero-order valence-corrected chi connectivity index (χ0v) is 17.8. The molecule has 0 aliphatic carbocycles. The molecule has 0 saturated carbocycles. The van der Waals surface area contributed by atoms with Gasteiger partial charge in [-0.25, -0.2) is 14.6 Å². The van der Waals surface area contributed by atoms with E-state index in [0.717, 1.165) is 27.3 Å². The lowest BCUT2D eigenvalue weighted by molar-refractivity contribution is 0.0640. The van der Waals surface area contributed by atoms with Crippen LogP contribution in [0.3, 0.4) is 0 Å². The Labute approximate surface area is 177 Å². The summed E-state index contributed by atoms with van der Waals surface area (Å²) in [6, 6.07) is 9.60. The number of hydrogen-bond donors (Lipinski definition) is 1. The fraction of sp³-hybridized carbons (Fsp3) is 0.421. The van der Waals surface area contributed by atoms with E-state index in [1.54, 1.807) is 16.8 Å². The van der Waals surface area contributed by atoms with Gasteiger partial charge < -0.3 is 24.4 Å². The average Bonchev–Trinajstić information content (AvgIpc) is 3.01. The van der Waals surface area contributed by atoms with Gasteiger partial charge in [0.1, 0.15) is 16.1 Å². The Morgan fingerprint density at radius 1 is 1.21 bits per heavy atom. The summed E-state index contributed by atoms with van der Waals surface area (Å²) in [6.45, 7) is 3.44. The molecule has 3 amide bonds. The highest BCUT2D eigenvalue weighted by Gasteiger charge is 2.38. The topological polar surface area (TPSA) is 79.7 Å². The maximum absolute atomic E-state index is 12.2. The summed E-state index contributed by atoms with van der Waals surface area (Å²) >= 11 is 2.23. The summed E-state index contributed by atoms with van der Waals surface area (Å²) in [5, 5.41) is 2.68. The number of ether oxygens (including phenoxy) is 1. The van der Waals surface area contributed by atoms with Gasteiger partial charge in [-0.15, -0.1) is 0 Å². The van der Waals surface area contributed by atoms with E-state index in [-0.39, 0.29) is 24.6 Å². The third-order valence-corrected chi connectivity index (χ3v) is 6.06. The van der Waals surface area contributed by atoms with Gasteiger partial charge in [0.25, 0.3) is 0 Å². The van der Waals surface area contributed by atoms with Crippen molar-refractivity contribution in [2.45, 2.75) is 25.6 Å². The Morgan fingerprint density at radius 3 is 2.68 bits per heavy atom. The van der Waals surface area contributed by atoms with E-state index in [0.29, 0.717) is 26.2 Å². The highest BCUT2D eigenvalue weighted by molar-refractivity contribution is 14.1. The van der Waals surface area contributed by atoms with Crippen LogP contribution in [-0.2, 0) is 24.4 Å². The number of carbonyl (C=O) groups is 2. The van der Waals surface area contributed by atoms with Crippen molar-refractivity contribution in [3.63, 3.8) is 0 Å². The summed E-state index contributed by atoms with van der Waals surface area (Å²) in [6.07, 6.45) is -0.286. The maximum Gasteiger partial charge on any atom is 0.410 e. The minimum Gasteiger partial charge on any atom is -0.445 e. The van der Waals surface area contributed by atoms with Gasteiger partial charge in [0.15, 0.2) is 0 Å². The predicted molar refractivity (Wildman–Crippen MR) is 111 cm³/mol. The van der Waals surface area contributed by atoms with Crippen molar-refractivity contribution in [2.24, 2.45) is 0 Å². The SMILES string of the molecule is CNC(=O)N1CCn2c(C3CN(C(=O)OCc4ccccc4)C3)nc(I)c2C1. The third kappa shape index (κ3) is 3.67. The minimum absolute atomic E-state index is 0.0687. The number of imidazole rings is 1. The number of fused-ring (bicyclic) bond motifs is 1. The summed E-state index contributed by atoms with van der Waals surface area (Å²) in [4.78, 5) is 32.4.